The lowest BCUT2D eigenvalue weighted by molar-refractivity contribution is 0.0526. The molecule has 0 bridgehead atoms. The number of carbonyl (C=O) groups excluding carboxylic acids is 2. The number of aromatic nitrogens is 2. The Morgan fingerprint density at radius 2 is 1.67 bits per heavy atom. The Morgan fingerprint density at radius 3 is 2.37 bits per heavy atom. The molecule has 0 fully saturated rings. The van der Waals surface area contributed by atoms with Gasteiger partial charge in [-0.2, -0.15) is 0 Å². The van der Waals surface area contributed by atoms with Crippen molar-refractivity contribution in [3.8, 4) is 0 Å². The minimum atomic E-state index is -0.391. The van der Waals surface area contributed by atoms with Crippen LogP contribution >= 0.6 is 0 Å². The van der Waals surface area contributed by atoms with Gasteiger partial charge >= 0.3 is 5.97 Å². The first-order chi connectivity index (χ1) is 13.2. The number of anilines is 3. The van der Waals surface area contributed by atoms with Gasteiger partial charge in [-0.15, -0.1) is 0 Å². The fourth-order valence-electron chi connectivity index (χ4n) is 2.34. The fraction of sp³-hybridized carbons (Fsp3) is 0.100. The maximum Gasteiger partial charge on any atom is 0.338 e. The number of carbonyl (C=O) groups is 2. The summed E-state index contributed by atoms with van der Waals surface area (Å²) in [5, 5.41) is 5.84. The first-order valence-corrected chi connectivity index (χ1v) is 8.38. The fourth-order valence-corrected chi connectivity index (χ4v) is 2.34. The average molecular weight is 362 g/mol. The molecule has 1 heterocycles. The van der Waals surface area contributed by atoms with Crippen molar-refractivity contribution in [1.29, 1.82) is 0 Å². The number of rotatable bonds is 6. The molecular formula is C20H18N4O3. The van der Waals surface area contributed by atoms with Gasteiger partial charge in [-0.1, -0.05) is 6.07 Å². The zero-order valence-electron chi connectivity index (χ0n) is 14.7. The molecule has 27 heavy (non-hydrogen) atoms. The predicted octanol–water partition coefficient (Wildman–Crippen LogP) is 3.65. The van der Waals surface area contributed by atoms with E-state index in [4.69, 9.17) is 4.74 Å². The second kappa shape index (κ2) is 8.57. The summed E-state index contributed by atoms with van der Waals surface area (Å²) in [5.74, 6) is -0.210. The second-order valence-electron chi connectivity index (χ2n) is 5.53. The van der Waals surface area contributed by atoms with Crippen molar-refractivity contribution in [2.24, 2.45) is 0 Å². The minimum absolute atomic E-state index is 0.267. The first-order valence-electron chi connectivity index (χ1n) is 8.38. The number of esters is 1. The van der Waals surface area contributed by atoms with Crippen LogP contribution in [0, 0.1) is 0 Å². The molecule has 7 heteroatoms. The first kappa shape index (κ1) is 18.1. The third-order valence-corrected chi connectivity index (χ3v) is 3.60. The average Bonchev–Trinajstić information content (AvgIpc) is 2.70. The summed E-state index contributed by atoms with van der Waals surface area (Å²) >= 11 is 0. The van der Waals surface area contributed by atoms with Gasteiger partial charge in [0, 0.05) is 29.3 Å². The van der Waals surface area contributed by atoms with Crippen molar-refractivity contribution in [2.45, 2.75) is 6.92 Å². The molecule has 0 radical (unpaired) electrons. The van der Waals surface area contributed by atoms with Crippen LogP contribution in [0.4, 0.5) is 17.3 Å². The van der Waals surface area contributed by atoms with E-state index in [-0.39, 0.29) is 5.91 Å². The topological polar surface area (TPSA) is 93.2 Å². The third kappa shape index (κ3) is 4.88. The molecule has 3 rings (SSSR count). The van der Waals surface area contributed by atoms with Crippen molar-refractivity contribution in [3.63, 3.8) is 0 Å². The van der Waals surface area contributed by atoms with E-state index in [1.807, 2.05) is 6.07 Å². The Bertz CT molecular complexity index is 927. The maximum absolute atomic E-state index is 12.5. The van der Waals surface area contributed by atoms with Crippen LogP contribution in [-0.4, -0.2) is 28.5 Å². The van der Waals surface area contributed by atoms with Gasteiger partial charge in [0.05, 0.1) is 12.2 Å². The lowest BCUT2D eigenvalue weighted by Gasteiger charge is -2.09. The van der Waals surface area contributed by atoms with E-state index in [2.05, 4.69) is 20.6 Å². The van der Waals surface area contributed by atoms with Crippen LogP contribution < -0.4 is 10.6 Å². The van der Waals surface area contributed by atoms with Gasteiger partial charge in [0.2, 0.25) is 5.95 Å². The van der Waals surface area contributed by atoms with Crippen LogP contribution in [0.15, 0.2) is 67.0 Å². The summed E-state index contributed by atoms with van der Waals surface area (Å²) in [6.07, 6.45) is 3.26. The summed E-state index contributed by atoms with van der Waals surface area (Å²) in [6, 6.07) is 15.3. The van der Waals surface area contributed by atoms with Gasteiger partial charge in [-0.25, -0.2) is 14.8 Å². The van der Waals surface area contributed by atoms with Crippen LogP contribution in [0.5, 0.6) is 0 Å². The molecule has 0 saturated carbocycles. The summed E-state index contributed by atoms with van der Waals surface area (Å²) in [5.41, 5.74) is 2.19. The Labute approximate surface area is 156 Å². The van der Waals surface area contributed by atoms with Crippen molar-refractivity contribution in [1.82, 2.24) is 9.97 Å². The molecule has 0 unspecified atom stereocenters. The zero-order valence-corrected chi connectivity index (χ0v) is 14.7. The highest BCUT2D eigenvalue weighted by atomic mass is 16.5. The van der Waals surface area contributed by atoms with Crippen molar-refractivity contribution in [3.05, 3.63) is 78.1 Å². The monoisotopic (exact) mass is 362 g/mol. The molecule has 3 aromatic rings. The zero-order chi connectivity index (χ0) is 19.1. The highest BCUT2D eigenvalue weighted by Crippen LogP contribution is 2.17. The Balaban J connectivity index is 1.67. The number of ether oxygens (including phenoxy) is 1. The summed E-state index contributed by atoms with van der Waals surface area (Å²) in [7, 11) is 0. The largest absolute Gasteiger partial charge is 0.462 e. The lowest BCUT2D eigenvalue weighted by Crippen LogP contribution is -2.12. The van der Waals surface area contributed by atoms with Crippen LogP contribution in [0.25, 0.3) is 0 Å². The number of nitrogens with zero attached hydrogens (tertiary/aromatic N) is 2. The van der Waals surface area contributed by atoms with Crippen molar-refractivity contribution < 1.29 is 14.3 Å². The van der Waals surface area contributed by atoms with Crippen LogP contribution in [0.3, 0.4) is 0 Å². The SMILES string of the molecule is CCOC(=O)c1ccc(NC(=O)c2cccc(Nc3ncccn3)c2)cc1. The molecular weight excluding hydrogens is 344 g/mol. The van der Waals surface area contributed by atoms with Crippen LogP contribution in [0.2, 0.25) is 0 Å². The van der Waals surface area contributed by atoms with E-state index < -0.39 is 5.97 Å². The minimum Gasteiger partial charge on any atom is -0.462 e. The maximum atomic E-state index is 12.5. The molecule has 0 aliphatic rings. The quantitative estimate of drug-likeness (QED) is 0.650. The van der Waals surface area contributed by atoms with E-state index >= 15 is 0 Å². The smallest absolute Gasteiger partial charge is 0.338 e. The summed E-state index contributed by atoms with van der Waals surface area (Å²) < 4.78 is 4.94. The number of nitrogens with one attached hydrogen (secondary N) is 2. The molecule has 1 aromatic heterocycles. The predicted molar refractivity (Wildman–Crippen MR) is 102 cm³/mol. The molecule has 1 amide bonds. The number of benzene rings is 2. The van der Waals surface area contributed by atoms with E-state index in [1.165, 1.54) is 0 Å². The van der Waals surface area contributed by atoms with Crippen LogP contribution in [-0.2, 0) is 4.74 Å². The summed E-state index contributed by atoms with van der Waals surface area (Å²) in [6.45, 7) is 2.06. The van der Waals surface area contributed by atoms with Gasteiger partial charge in [0.25, 0.3) is 5.91 Å². The molecule has 2 N–H and O–H groups in total. The van der Waals surface area contributed by atoms with E-state index in [0.29, 0.717) is 35.1 Å². The number of hydrogen-bond acceptors (Lipinski definition) is 6. The molecule has 0 aliphatic heterocycles. The highest BCUT2D eigenvalue weighted by Gasteiger charge is 2.09. The Morgan fingerprint density at radius 1 is 0.926 bits per heavy atom. The molecule has 0 spiro atoms. The van der Waals surface area contributed by atoms with E-state index in [1.54, 1.807) is 67.8 Å². The van der Waals surface area contributed by atoms with Gasteiger partial charge in [-0.3, -0.25) is 4.79 Å². The molecule has 0 atom stereocenters. The van der Waals surface area contributed by atoms with Gasteiger partial charge in [-0.05, 0) is 55.5 Å². The van der Waals surface area contributed by atoms with E-state index in [9.17, 15) is 9.59 Å². The van der Waals surface area contributed by atoms with Gasteiger partial charge in [0.1, 0.15) is 0 Å². The van der Waals surface area contributed by atoms with Crippen molar-refractivity contribution >= 4 is 29.2 Å². The van der Waals surface area contributed by atoms with E-state index in [0.717, 1.165) is 0 Å². The van der Waals surface area contributed by atoms with Gasteiger partial charge in [0.15, 0.2) is 0 Å². The molecule has 7 nitrogen and oxygen atoms in total. The Kier molecular flexibility index (Phi) is 5.73. The molecule has 2 aromatic carbocycles. The molecule has 0 aliphatic carbocycles. The standard InChI is InChI=1S/C20H18N4O3/c1-2-27-19(26)14-7-9-16(10-8-14)23-18(25)15-5-3-6-17(13-15)24-20-21-11-4-12-22-20/h3-13H,2H2,1H3,(H,23,25)(H,21,22,24). The number of amides is 1. The second-order valence-corrected chi connectivity index (χ2v) is 5.53. The van der Waals surface area contributed by atoms with Crippen LogP contribution in [0.1, 0.15) is 27.6 Å². The highest BCUT2D eigenvalue weighted by molar-refractivity contribution is 6.05. The lowest BCUT2D eigenvalue weighted by atomic mass is 10.1. The normalized spacial score (nSPS) is 10.1. The van der Waals surface area contributed by atoms with Gasteiger partial charge < -0.3 is 15.4 Å². The molecule has 136 valence electrons. The Hall–Kier alpha value is -3.74. The number of hydrogen-bond donors (Lipinski definition) is 2. The molecule has 0 saturated heterocycles. The summed E-state index contributed by atoms with van der Waals surface area (Å²) in [4.78, 5) is 32.3. The third-order valence-electron chi connectivity index (χ3n) is 3.60. The van der Waals surface area contributed by atoms with Crippen molar-refractivity contribution in [2.75, 3.05) is 17.2 Å².